The number of carbonyl (C=O) groups is 2. The van der Waals surface area contributed by atoms with Gasteiger partial charge >= 0.3 is 12.0 Å². The van der Waals surface area contributed by atoms with Crippen LogP contribution >= 0.6 is 0 Å². The maximum atomic E-state index is 12.3. The average molecular weight is 320 g/mol. The number of likely N-dealkylation sites (tertiary alicyclic amines) is 1. The van der Waals surface area contributed by atoms with Gasteiger partial charge in [0, 0.05) is 13.1 Å². The maximum absolute atomic E-state index is 12.3. The third-order valence-corrected chi connectivity index (χ3v) is 4.02. The van der Waals surface area contributed by atoms with Gasteiger partial charge in [-0.15, -0.1) is 0 Å². The van der Waals surface area contributed by atoms with Crippen LogP contribution in [0.1, 0.15) is 32.6 Å². The molecule has 0 aromatic heterocycles. The van der Waals surface area contributed by atoms with Gasteiger partial charge in [0.15, 0.2) is 0 Å². The number of amides is 2. The number of para-hydroxylation sites is 2. The minimum atomic E-state index is -0.778. The van der Waals surface area contributed by atoms with Gasteiger partial charge in [0.25, 0.3) is 0 Å². The molecule has 2 amide bonds. The second kappa shape index (κ2) is 8.41. The van der Waals surface area contributed by atoms with E-state index >= 15 is 0 Å². The molecule has 1 fully saturated rings. The molecular formula is C17H24N2O4. The summed E-state index contributed by atoms with van der Waals surface area (Å²) in [6, 6.07) is 7.15. The Bertz CT molecular complexity index is 539. The molecule has 6 nitrogen and oxygen atoms in total. The lowest BCUT2D eigenvalue weighted by Crippen LogP contribution is -2.42. The highest BCUT2D eigenvalue weighted by atomic mass is 16.5. The molecule has 126 valence electrons. The fourth-order valence-electron chi connectivity index (χ4n) is 2.55. The number of rotatable bonds is 6. The van der Waals surface area contributed by atoms with Crippen molar-refractivity contribution in [2.75, 3.05) is 25.0 Å². The van der Waals surface area contributed by atoms with E-state index in [0.717, 1.165) is 12.8 Å². The number of nitrogens with one attached hydrogen (secondary N) is 1. The second-order valence-corrected chi connectivity index (χ2v) is 5.73. The van der Waals surface area contributed by atoms with Crippen LogP contribution in [0.15, 0.2) is 24.3 Å². The second-order valence-electron chi connectivity index (χ2n) is 5.73. The van der Waals surface area contributed by atoms with Crippen molar-refractivity contribution < 1.29 is 19.4 Å². The largest absolute Gasteiger partial charge is 0.491 e. The Labute approximate surface area is 136 Å². The monoisotopic (exact) mass is 320 g/mol. The van der Waals surface area contributed by atoms with Gasteiger partial charge in [0.05, 0.1) is 18.2 Å². The predicted molar refractivity (Wildman–Crippen MR) is 87.8 cm³/mol. The number of ether oxygens (including phenoxy) is 1. The highest BCUT2D eigenvalue weighted by molar-refractivity contribution is 5.91. The van der Waals surface area contributed by atoms with Gasteiger partial charge < -0.3 is 20.1 Å². The van der Waals surface area contributed by atoms with Crippen molar-refractivity contribution in [2.24, 2.45) is 5.92 Å². The van der Waals surface area contributed by atoms with Gasteiger partial charge in [-0.3, -0.25) is 4.79 Å². The molecule has 0 unspecified atom stereocenters. The molecular weight excluding hydrogens is 296 g/mol. The predicted octanol–water partition coefficient (Wildman–Crippen LogP) is 3.19. The summed E-state index contributed by atoms with van der Waals surface area (Å²) in [6.07, 6.45) is 3.01. The van der Waals surface area contributed by atoms with Gasteiger partial charge in [0.1, 0.15) is 5.75 Å². The van der Waals surface area contributed by atoms with E-state index in [1.165, 1.54) is 0 Å². The van der Waals surface area contributed by atoms with E-state index in [1.807, 2.05) is 24.3 Å². The van der Waals surface area contributed by atoms with Gasteiger partial charge in [0.2, 0.25) is 0 Å². The number of anilines is 1. The summed E-state index contributed by atoms with van der Waals surface area (Å²) in [5.74, 6) is -0.460. The fourth-order valence-corrected chi connectivity index (χ4v) is 2.55. The van der Waals surface area contributed by atoms with Gasteiger partial charge in [-0.05, 0) is 31.4 Å². The molecule has 0 radical (unpaired) electrons. The summed E-state index contributed by atoms with van der Waals surface area (Å²) < 4.78 is 5.70. The first-order valence-electron chi connectivity index (χ1n) is 8.12. The van der Waals surface area contributed by atoms with Gasteiger partial charge in [-0.2, -0.15) is 0 Å². The number of carboxylic acids is 1. The lowest BCUT2D eigenvalue weighted by molar-refractivity contribution is -0.143. The van der Waals surface area contributed by atoms with Crippen LogP contribution in [0.3, 0.4) is 0 Å². The van der Waals surface area contributed by atoms with Crippen LogP contribution in [-0.4, -0.2) is 41.7 Å². The van der Waals surface area contributed by atoms with E-state index in [4.69, 9.17) is 9.84 Å². The van der Waals surface area contributed by atoms with Crippen molar-refractivity contribution in [2.45, 2.75) is 32.6 Å². The lowest BCUT2D eigenvalue weighted by Gasteiger charge is -2.30. The van der Waals surface area contributed by atoms with E-state index in [0.29, 0.717) is 44.0 Å². The molecule has 23 heavy (non-hydrogen) atoms. The zero-order valence-electron chi connectivity index (χ0n) is 13.5. The van der Waals surface area contributed by atoms with Crippen LogP contribution in [0.4, 0.5) is 10.5 Å². The van der Waals surface area contributed by atoms with Crippen LogP contribution in [0, 0.1) is 5.92 Å². The number of hydrogen-bond acceptors (Lipinski definition) is 3. The van der Waals surface area contributed by atoms with Gasteiger partial charge in [-0.1, -0.05) is 25.5 Å². The third-order valence-electron chi connectivity index (χ3n) is 4.02. The molecule has 1 aromatic rings. The number of benzene rings is 1. The van der Waals surface area contributed by atoms with Gasteiger partial charge in [-0.25, -0.2) is 4.79 Å². The van der Waals surface area contributed by atoms with E-state index in [2.05, 4.69) is 12.2 Å². The van der Waals surface area contributed by atoms with Crippen molar-refractivity contribution in [3.63, 3.8) is 0 Å². The van der Waals surface area contributed by atoms with Crippen molar-refractivity contribution in [3.8, 4) is 5.75 Å². The maximum Gasteiger partial charge on any atom is 0.321 e. The van der Waals surface area contributed by atoms with Crippen LogP contribution in [-0.2, 0) is 4.79 Å². The Hall–Kier alpha value is -2.24. The Morgan fingerprint density at radius 2 is 2.00 bits per heavy atom. The number of unbranched alkanes of at least 4 members (excludes halogenated alkanes) is 1. The Morgan fingerprint density at radius 1 is 1.30 bits per heavy atom. The number of carbonyl (C=O) groups excluding carboxylic acids is 1. The van der Waals surface area contributed by atoms with Crippen LogP contribution in [0.2, 0.25) is 0 Å². The van der Waals surface area contributed by atoms with Crippen molar-refractivity contribution in [3.05, 3.63) is 24.3 Å². The first kappa shape index (κ1) is 17.1. The summed E-state index contributed by atoms with van der Waals surface area (Å²) in [6.45, 7) is 3.63. The lowest BCUT2D eigenvalue weighted by atomic mass is 9.97. The van der Waals surface area contributed by atoms with Crippen molar-refractivity contribution in [1.29, 1.82) is 0 Å². The standard InChI is InChI=1S/C17H24N2O4/c1-2-3-12-23-15-7-5-4-6-14(15)18-17(22)19-10-8-13(9-11-19)16(20)21/h4-7,13H,2-3,8-12H2,1H3,(H,18,22)(H,20,21). The first-order valence-corrected chi connectivity index (χ1v) is 8.12. The quantitative estimate of drug-likeness (QED) is 0.789. The molecule has 2 N–H and O–H groups in total. The van der Waals surface area contributed by atoms with Crippen LogP contribution in [0.25, 0.3) is 0 Å². The number of piperidine rings is 1. The first-order chi connectivity index (χ1) is 11.1. The molecule has 0 bridgehead atoms. The molecule has 6 heteroatoms. The van der Waals surface area contributed by atoms with Crippen molar-refractivity contribution in [1.82, 2.24) is 4.90 Å². The minimum absolute atomic E-state index is 0.208. The molecule has 1 saturated heterocycles. The van der Waals surface area contributed by atoms with E-state index in [-0.39, 0.29) is 11.9 Å². The van der Waals surface area contributed by atoms with E-state index in [9.17, 15) is 9.59 Å². The smallest absolute Gasteiger partial charge is 0.321 e. The zero-order valence-corrected chi connectivity index (χ0v) is 13.5. The minimum Gasteiger partial charge on any atom is -0.491 e. The molecule has 0 aliphatic carbocycles. The zero-order chi connectivity index (χ0) is 16.7. The number of nitrogens with zero attached hydrogens (tertiary/aromatic N) is 1. The summed E-state index contributed by atoms with van der Waals surface area (Å²) in [5, 5.41) is 11.9. The Morgan fingerprint density at radius 3 is 2.65 bits per heavy atom. The van der Waals surface area contributed by atoms with Crippen LogP contribution < -0.4 is 10.1 Å². The number of aliphatic carboxylic acids is 1. The average Bonchev–Trinajstić information content (AvgIpc) is 2.56. The molecule has 1 aromatic carbocycles. The van der Waals surface area contributed by atoms with E-state index in [1.54, 1.807) is 4.90 Å². The third kappa shape index (κ3) is 4.87. The summed E-state index contributed by atoms with van der Waals surface area (Å²) >= 11 is 0. The van der Waals surface area contributed by atoms with Crippen LogP contribution in [0.5, 0.6) is 5.75 Å². The molecule has 0 spiro atoms. The molecule has 1 aliphatic rings. The molecule has 0 atom stereocenters. The highest BCUT2D eigenvalue weighted by Crippen LogP contribution is 2.25. The molecule has 0 saturated carbocycles. The highest BCUT2D eigenvalue weighted by Gasteiger charge is 2.27. The molecule has 1 aliphatic heterocycles. The SMILES string of the molecule is CCCCOc1ccccc1NC(=O)N1CCC(C(=O)O)CC1. The molecule has 2 rings (SSSR count). The topological polar surface area (TPSA) is 78.9 Å². The Balaban J connectivity index is 1.91. The number of hydrogen-bond donors (Lipinski definition) is 2. The Kier molecular flexibility index (Phi) is 6.26. The number of carboxylic acid groups (broad SMARTS) is 1. The summed E-state index contributed by atoms with van der Waals surface area (Å²) in [5.41, 5.74) is 0.647. The van der Waals surface area contributed by atoms with Crippen molar-refractivity contribution >= 4 is 17.7 Å². The molecule has 1 heterocycles. The normalized spacial score (nSPS) is 15.3. The van der Waals surface area contributed by atoms with E-state index < -0.39 is 5.97 Å². The number of urea groups is 1. The summed E-state index contributed by atoms with van der Waals surface area (Å²) in [7, 11) is 0. The fraction of sp³-hybridized carbons (Fsp3) is 0.529. The summed E-state index contributed by atoms with van der Waals surface area (Å²) in [4.78, 5) is 24.9.